The van der Waals surface area contributed by atoms with Crippen molar-refractivity contribution in [3.63, 3.8) is 0 Å². The van der Waals surface area contributed by atoms with Gasteiger partial charge in [0.05, 0.1) is 20.3 Å². The zero-order chi connectivity index (χ0) is 20.3. The summed E-state index contributed by atoms with van der Waals surface area (Å²) in [5, 5.41) is 1.47. The Kier molecular flexibility index (Phi) is 4.87. The molecule has 2 aromatic heterocycles. The quantitative estimate of drug-likeness (QED) is 0.144. The predicted molar refractivity (Wildman–Crippen MR) is 129 cm³/mol. The Hall–Kier alpha value is -1.58. The number of halogens is 3. The fourth-order valence-electron chi connectivity index (χ4n) is 3.13. The van der Waals surface area contributed by atoms with Gasteiger partial charge in [-0.1, -0.05) is 35.3 Å². The topological polar surface area (TPSA) is 47.0 Å². The van der Waals surface area contributed by atoms with Crippen LogP contribution in [0, 0.1) is 3.57 Å². The lowest BCUT2D eigenvalue weighted by atomic mass is 10.1. The van der Waals surface area contributed by atoms with Gasteiger partial charge in [0.2, 0.25) is 0 Å². The van der Waals surface area contributed by atoms with E-state index in [4.69, 9.17) is 28.2 Å². The summed E-state index contributed by atoms with van der Waals surface area (Å²) < 4.78 is 2.20. The van der Waals surface area contributed by atoms with E-state index in [1.807, 2.05) is 6.07 Å². The molecule has 0 bridgehead atoms. The minimum absolute atomic E-state index is 0.130. The van der Waals surface area contributed by atoms with Gasteiger partial charge in [-0.25, -0.2) is 4.98 Å². The normalized spacial score (nSPS) is 13.4. The molecule has 29 heavy (non-hydrogen) atoms. The number of allylic oxidation sites excluding steroid dienone is 1. The maximum Gasteiger partial charge on any atom is 0.197 e. The molecule has 2 heterocycles. The molecule has 1 aliphatic rings. The maximum atomic E-state index is 12.7. The molecule has 0 unspecified atom stereocenters. The van der Waals surface area contributed by atoms with Crippen molar-refractivity contribution < 1.29 is 9.59 Å². The Morgan fingerprint density at radius 3 is 2.10 bits per heavy atom. The van der Waals surface area contributed by atoms with Gasteiger partial charge in [-0.05, 0) is 59.0 Å². The average Bonchev–Trinajstić information content (AvgIpc) is 3.31. The van der Waals surface area contributed by atoms with Crippen LogP contribution in [-0.2, 0) is 0 Å². The zero-order valence-corrected chi connectivity index (χ0v) is 19.6. The molecule has 5 rings (SSSR count). The first kappa shape index (κ1) is 19.4. The second-order valence-corrected chi connectivity index (χ2v) is 10.5. The summed E-state index contributed by atoms with van der Waals surface area (Å²) in [4.78, 5) is 31.8. The number of ketones is 2. The van der Waals surface area contributed by atoms with E-state index in [2.05, 4.69) is 46.9 Å². The lowest BCUT2D eigenvalue weighted by molar-refractivity contribution is 0.0990. The number of benzene rings is 2. The lowest BCUT2D eigenvalue weighted by Crippen LogP contribution is -1.99. The van der Waals surface area contributed by atoms with Crippen molar-refractivity contribution in [3.8, 4) is 10.6 Å². The van der Waals surface area contributed by atoms with Crippen LogP contribution in [0.15, 0.2) is 48.0 Å². The Morgan fingerprint density at radius 1 is 0.897 bits per heavy atom. The largest absolute Gasteiger partial charge is 0.288 e. The van der Waals surface area contributed by atoms with Crippen LogP contribution in [0.4, 0.5) is 0 Å². The van der Waals surface area contributed by atoms with Crippen LogP contribution in [0.2, 0.25) is 10.0 Å². The van der Waals surface area contributed by atoms with Crippen molar-refractivity contribution >= 4 is 95.6 Å². The third-order valence-electron chi connectivity index (χ3n) is 4.53. The zero-order valence-electron chi connectivity index (χ0n) is 14.3. The van der Waals surface area contributed by atoms with Gasteiger partial charge >= 0.3 is 0 Å². The van der Waals surface area contributed by atoms with E-state index in [9.17, 15) is 9.59 Å². The third-order valence-corrected chi connectivity index (χ3v) is 8.12. The molecule has 0 radical (unpaired) electrons. The van der Waals surface area contributed by atoms with Gasteiger partial charge in [0.25, 0.3) is 0 Å². The van der Waals surface area contributed by atoms with Crippen LogP contribution in [0.1, 0.15) is 25.6 Å². The first-order valence-electron chi connectivity index (χ1n) is 8.37. The highest BCUT2D eigenvalue weighted by molar-refractivity contribution is 14.1. The first-order valence-corrected chi connectivity index (χ1v) is 11.8. The molecule has 1 aliphatic carbocycles. The second-order valence-electron chi connectivity index (χ2n) is 6.37. The van der Waals surface area contributed by atoms with E-state index in [0.717, 1.165) is 25.0 Å². The molecule has 3 nitrogen and oxygen atoms in total. The number of carbonyl (C=O) groups is 2. The van der Waals surface area contributed by atoms with Crippen LogP contribution in [-0.4, -0.2) is 16.6 Å². The molecular formula is C21H8Cl2INO2S2. The molecule has 0 saturated carbocycles. The van der Waals surface area contributed by atoms with Crippen LogP contribution >= 0.6 is 68.5 Å². The minimum Gasteiger partial charge on any atom is -0.288 e. The van der Waals surface area contributed by atoms with Crippen LogP contribution in [0.25, 0.3) is 26.2 Å². The molecule has 0 amide bonds. The fourth-order valence-corrected chi connectivity index (χ4v) is 5.99. The third kappa shape index (κ3) is 3.37. The van der Waals surface area contributed by atoms with Crippen LogP contribution in [0.3, 0.4) is 0 Å². The summed E-state index contributed by atoms with van der Waals surface area (Å²) in [6, 6.07) is 13.1. The highest BCUT2D eigenvalue weighted by Gasteiger charge is 2.34. The summed E-state index contributed by atoms with van der Waals surface area (Å²) in [5.74, 6) is -0.652. The molecule has 0 N–H and O–H groups in total. The number of thiophene rings is 1. The maximum absolute atomic E-state index is 12.7. The van der Waals surface area contributed by atoms with Gasteiger partial charge < -0.3 is 0 Å². The van der Waals surface area contributed by atoms with Crippen molar-refractivity contribution in [1.82, 2.24) is 4.98 Å². The molecule has 8 heteroatoms. The Balaban J connectivity index is 1.51. The number of nitrogens with zero attached hydrogens (tertiary/aromatic N) is 1. The first-order chi connectivity index (χ1) is 13.9. The van der Waals surface area contributed by atoms with E-state index in [-0.39, 0.29) is 27.2 Å². The standard InChI is InChI=1S/C21H8Cl2INO2S2/c22-15-7-12-13(8-16(15)23)19(27)14(18(12)26)5-11-6-17-21(28-11)25-20(29-17)9-1-3-10(24)4-2-9/h1-8H. The molecule has 2 aromatic carbocycles. The number of rotatable bonds is 2. The summed E-state index contributed by atoms with van der Waals surface area (Å²) in [5.41, 5.74) is 1.80. The summed E-state index contributed by atoms with van der Waals surface area (Å²) in [6.45, 7) is 0. The van der Waals surface area contributed by atoms with Crippen LogP contribution < -0.4 is 0 Å². The van der Waals surface area contributed by atoms with Gasteiger partial charge in [-0.3, -0.25) is 9.59 Å². The summed E-state index contributed by atoms with van der Waals surface area (Å²) in [6.07, 6.45) is 1.64. The molecule has 4 aromatic rings. The number of Topliss-reactive ketones (excluding diaryl/α,β-unsaturated/α-hetero) is 2. The van der Waals surface area contributed by atoms with Gasteiger partial charge in [0, 0.05) is 25.1 Å². The monoisotopic (exact) mass is 567 g/mol. The number of aromatic nitrogens is 1. The Morgan fingerprint density at radius 2 is 1.52 bits per heavy atom. The van der Waals surface area contributed by atoms with E-state index in [1.165, 1.54) is 27.0 Å². The van der Waals surface area contributed by atoms with E-state index >= 15 is 0 Å². The van der Waals surface area contributed by atoms with Crippen molar-refractivity contribution in [1.29, 1.82) is 0 Å². The van der Waals surface area contributed by atoms with Gasteiger partial charge in [-0.2, -0.15) is 0 Å². The van der Waals surface area contributed by atoms with Crippen molar-refractivity contribution in [3.05, 3.63) is 77.7 Å². The molecule has 0 aliphatic heterocycles. The predicted octanol–water partition coefficient (Wildman–Crippen LogP) is 7.40. The number of thiazole rings is 1. The highest BCUT2D eigenvalue weighted by atomic mass is 127. The van der Waals surface area contributed by atoms with Gasteiger partial charge in [0.1, 0.15) is 9.84 Å². The van der Waals surface area contributed by atoms with Crippen LogP contribution in [0.5, 0.6) is 0 Å². The number of carbonyl (C=O) groups excluding carboxylic acids is 2. The number of hydrogen-bond donors (Lipinski definition) is 0. The van der Waals surface area contributed by atoms with E-state index < -0.39 is 0 Å². The Labute approximate surface area is 197 Å². The second kappa shape index (κ2) is 7.28. The average molecular weight is 568 g/mol. The molecule has 0 saturated heterocycles. The SMILES string of the molecule is O=C1C(=Cc2cc3sc(-c4ccc(I)cc4)nc3s2)C(=O)c2cc(Cl)c(Cl)cc21. The molecule has 0 fully saturated rings. The minimum atomic E-state index is -0.326. The molecule has 0 spiro atoms. The molecule has 142 valence electrons. The fraction of sp³-hybridized carbons (Fsp3) is 0. The van der Waals surface area contributed by atoms with Crippen molar-refractivity contribution in [2.75, 3.05) is 0 Å². The van der Waals surface area contributed by atoms with E-state index in [0.29, 0.717) is 11.1 Å². The molecular weight excluding hydrogens is 560 g/mol. The Bertz CT molecular complexity index is 1300. The van der Waals surface area contributed by atoms with Gasteiger partial charge in [0.15, 0.2) is 11.6 Å². The number of hydrogen-bond acceptors (Lipinski definition) is 5. The summed E-state index contributed by atoms with van der Waals surface area (Å²) >= 11 is 17.3. The van der Waals surface area contributed by atoms with Crippen molar-refractivity contribution in [2.24, 2.45) is 0 Å². The number of fused-ring (bicyclic) bond motifs is 2. The lowest BCUT2D eigenvalue weighted by Gasteiger charge is -1.98. The molecule has 0 atom stereocenters. The summed E-state index contributed by atoms with van der Waals surface area (Å²) in [7, 11) is 0. The van der Waals surface area contributed by atoms with Crippen molar-refractivity contribution in [2.45, 2.75) is 0 Å². The highest BCUT2D eigenvalue weighted by Crippen LogP contribution is 2.38. The van der Waals surface area contributed by atoms with E-state index in [1.54, 1.807) is 17.4 Å². The van der Waals surface area contributed by atoms with Gasteiger partial charge in [-0.15, -0.1) is 22.7 Å². The smallest absolute Gasteiger partial charge is 0.197 e.